The van der Waals surface area contributed by atoms with Gasteiger partial charge in [0.15, 0.2) is 5.75 Å². The Balaban J connectivity index is 2.49. The molecule has 0 spiro atoms. The Morgan fingerprint density at radius 2 is 1.68 bits per heavy atom. The zero-order valence-corrected chi connectivity index (χ0v) is 19.6. The van der Waals surface area contributed by atoms with Gasteiger partial charge in [0, 0.05) is 17.0 Å². The molecule has 1 atom stereocenters. The lowest BCUT2D eigenvalue weighted by molar-refractivity contribution is -0.273. The molecule has 0 aliphatic heterocycles. The van der Waals surface area contributed by atoms with E-state index in [0.29, 0.717) is 12.1 Å². The van der Waals surface area contributed by atoms with Crippen LogP contribution in [0.4, 0.5) is 42.1 Å². The summed E-state index contributed by atoms with van der Waals surface area (Å²) in [6.07, 6.45) is -14.2. The van der Waals surface area contributed by atoms with Crippen LogP contribution in [0, 0.1) is 0 Å². The number of anilines is 2. The molecule has 2 aromatic rings. The molecule has 34 heavy (non-hydrogen) atoms. The average Bonchev–Trinajstić information content (AvgIpc) is 2.67. The average molecular weight is 580 g/mol. The largest absolute Gasteiger partial charge is 0.494 e. The second kappa shape index (κ2) is 9.98. The lowest BCUT2D eigenvalue weighted by atomic mass is 9.91. The molecule has 2 amide bonds. The molecule has 2 aromatic carbocycles. The zero-order valence-electron chi connectivity index (χ0n) is 17.2. The van der Waals surface area contributed by atoms with E-state index in [0.717, 1.165) is 0 Å². The Morgan fingerprint density at radius 1 is 1.06 bits per heavy atom. The van der Waals surface area contributed by atoms with E-state index in [2.05, 4.69) is 26.6 Å². The number of halogens is 9. The van der Waals surface area contributed by atoms with Crippen LogP contribution in [0.25, 0.3) is 0 Å². The fourth-order valence-electron chi connectivity index (χ4n) is 2.97. The third-order valence-electron chi connectivity index (χ3n) is 4.41. The topological polar surface area (TPSA) is 67.4 Å². The molecule has 0 radical (unpaired) electrons. The number of methoxy groups -OCH3 is 1. The van der Waals surface area contributed by atoms with E-state index >= 15 is 0 Å². The van der Waals surface area contributed by atoms with Crippen LogP contribution in [0.1, 0.15) is 29.3 Å². The predicted molar refractivity (Wildman–Crippen MR) is 114 cm³/mol. The maximum Gasteiger partial charge on any atom is 0.427 e. The number of ether oxygens (including phenoxy) is 1. The molecular weight excluding hydrogens is 565 g/mol. The highest BCUT2D eigenvalue weighted by atomic mass is 79.9. The highest BCUT2D eigenvalue weighted by Crippen LogP contribution is 2.51. The van der Waals surface area contributed by atoms with Crippen molar-refractivity contribution in [3.05, 3.63) is 51.0 Å². The Labute approximate surface area is 201 Å². The summed E-state index contributed by atoms with van der Waals surface area (Å²) >= 11 is 8.74. The van der Waals surface area contributed by atoms with Gasteiger partial charge in [-0.15, -0.1) is 0 Å². The molecule has 0 aliphatic rings. The number of alkyl halides is 7. The molecule has 0 bridgehead atoms. The molecule has 1 unspecified atom stereocenters. The molecule has 0 heterocycles. The third-order valence-corrected chi connectivity index (χ3v) is 5.33. The first-order valence-electron chi connectivity index (χ1n) is 9.08. The van der Waals surface area contributed by atoms with Gasteiger partial charge in [-0.2, -0.15) is 26.3 Å². The summed E-state index contributed by atoms with van der Waals surface area (Å²) in [7, 11) is 1.22. The molecule has 5 nitrogen and oxygen atoms in total. The van der Waals surface area contributed by atoms with Crippen molar-refractivity contribution in [2.24, 2.45) is 0 Å². The second-order valence-electron chi connectivity index (χ2n) is 6.93. The third kappa shape index (κ3) is 6.12. The number of carbonyl (C=O) groups is 2. The van der Waals surface area contributed by atoms with Crippen LogP contribution >= 0.6 is 27.5 Å². The van der Waals surface area contributed by atoms with Crippen LogP contribution in [-0.2, 0) is 10.5 Å². The summed E-state index contributed by atoms with van der Waals surface area (Å²) in [6.45, 7) is 1.22. The van der Waals surface area contributed by atoms with Gasteiger partial charge in [0.1, 0.15) is 0 Å². The molecule has 0 fully saturated rings. The van der Waals surface area contributed by atoms with E-state index in [1.807, 2.05) is 0 Å². The maximum absolute atomic E-state index is 14.7. The summed E-state index contributed by atoms with van der Waals surface area (Å²) in [5.41, 5.74) is -6.50. The molecule has 0 aliphatic carbocycles. The lowest BCUT2D eigenvalue weighted by Crippen LogP contribution is -2.42. The number of hydrogen-bond donors (Lipinski definition) is 2. The number of benzene rings is 2. The summed E-state index contributed by atoms with van der Waals surface area (Å²) < 4.78 is 97.4. The fraction of sp³-hybridized carbons (Fsp3) is 0.300. The van der Waals surface area contributed by atoms with Gasteiger partial charge >= 0.3 is 12.4 Å². The van der Waals surface area contributed by atoms with Crippen LogP contribution < -0.4 is 15.4 Å². The minimum absolute atomic E-state index is 0.0518. The van der Waals surface area contributed by atoms with E-state index < -0.39 is 51.3 Å². The van der Waals surface area contributed by atoms with Crippen molar-refractivity contribution in [2.75, 3.05) is 17.7 Å². The van der Waals surface area contributed by atoms with Gasteiger partial charge in [0.2, 0.25) is 11.6 Å². The highest BCUT2D eigenvalue weighted by molar-refractivity contribution is 9.10. The van der Waals surface area contributed by atoms with Crippen molar-refractivity contribution in [3.63, 3.8) is 0 Å². The molecule has 0 aromatic heterocycles. The molecule has 2 rings (SSSR count). The van der Waals surface area contributed by atoms with Crippen LogP contribution in [0.15, 0.2) is 34.8 Å². The lowest BCUT2D eigenvalue weighted by Gasteiger charge is -2.30. The smallest absolute Gasteiger partial charge is 0.427 e. The van der Waals surface area contributed by atoms with E-state index in [9.17, 15) is 40.3 Å². The first kappa shape index (κ1) is 27.7. The molecule has 186 valence electrons. The predicted octanol–water partition coefficient (Wildman–Crippen LogP) is 7.00. The number of nitrogens with one attached hydrogen (secondary N) is 2. The first-order chi connectivity index (χ1) is 15.5. The summed E-state index contributed by atoms with van der Waals surface area (Å²) in [5, 5.41) is 4.06. The van der Waals surface area contributed by atoms with Crippen LogP contribution in [0.5, 0.6) is 5.75 Å². The van der Waals surface area contributed by atoms with Crippen molar-refractivity contribution in [1.82, 2.24) is 0 Å². The maximum atomic E-state index is 14.7. The monoisotopic (exact) mass is 578 g/mol. The van der Waals surface area contributed by atoms with Crippen LogP contribution in [0.3, 0.4) is 0 Å². The van der Waals surface area contributed by atoms with Crippen molar-refractivity contribution in [1.29, 1.82) is 0 Å². The summed E-state index contributed by atoms with van der Waals surface area (Å²) in [6, 6.07) is 4.95. The Morgan fingerprint density at radius 3 is 2.15 bits per heavy atom. The van der Waals surface area contributed by atoms with Gasteiger partial charge in [-0.3, -0.25) is 9.59 Å². The molecule has 0 saturated heterocycles. The van der Waals surface area contributed by atoms with E-state index in [1.54, 1.807) is 0 Å². The van der Waals surface area contributed by atoms with Gasteiger partial charge in [-0.05, 0) is 40.2 Å². The Hall–Kier alpha value is -2.54. The number of para-hydroxylation sites is 1. The second-order valence-corrected chi connectivity index (χ2v) is 8.19. The van der Waals surface area contributed by atoms with Gasteiger partial charge < -0.3 is 15.4 Å². The Bertz CT molecular complexity index is 1090. The quantitative estimate of drug-likeness (QED) is 0.362. The van der Waals surface area contributed by atoms with Crippen LogP contribution in [0.2, 0.25) is 5.02 Å². The number of hydrogen-bond acceptors (Lipinski definition) is 3. The first-order valence-corrected chi connectivity index (χ1v) is 10.2. The van der Waals surface area contributed by atoms with E-state index in [4.69, 9.17) is 16.3 Å². The summed E-state index contributed by atoms with van der Waals surface area (Å²) in [4.78, 5) is 24.1. The fourth-order valence-corrected chi connectivity index (χ4v) is 3.91. The SMILES string of the molecule is COc1c(NC(C)=O)cccc1C(=O)Nc1c(Cl)cc(C(F)(CC(F)(F)F)C(F)(F)F)cc1Br. The van der Waals surface area contributed by atoms with Gasteiger partial charge in [0.25, 0.3) is 5.91 Å². The minimum atomic E-state index is -5.91. The Kier molecular flexibility index (Phi) is 8.13. The molecule has 0 saturated carbocycles. The summed E-state index contributed by atoms with van der Waals surface area (Å²) in [5.74, 6) is -1.41. The molecular formula is C20H15BrClF7N2O3. The van der Waals surface area contributed by atoms with Crippen molar-refractivity contribution in [3.8, 4) is 5.75 Å². The standard InChI is InChI=1S/C20H15BrClF7N2O3/c1-9(32)30-14-5-3-4-11(16(14)34-2)17(33)31-15-12(21)6-10(7-13(15)22)18(23,20(27,28)29)8-19(24,25)26/h3-7H,8H2,1-2H3,(H,30,32)(H,31,33). The van der Waals surface area contributed by atoms with Gasteiger partial charge in [-0.25, -0.2) is 4.39 Å². The normalized spacial score (nSPS) is 13.7. The number of amides is 2. The number of rotatable bonds is 6. The van der Waals surface area contributed by atoms with Crippen molar-refractivity contribution < 1.29 is 45.1 Å². The van der Waals surface area contributed by atoms with E-state index in [1.165, 1.54) is 32.2 Å². The van der Waals surface area contributed by atoms with Gasteiger partial charge in [0.05, 0.1) is 35.5 Å². The zero-order chi connectivity index (χ0) is 26.1. The number of carbonyl (C=O) groups excluding carboxylic acids is 2. The van der Waals surface area contributed by atoms with Gasteiger partial charge in [-0.1, -0.05) is 17.7 Å². The molecule has 2 N–H and O–H groups in total. The van der Waals surface area contributed by atoms with Crippen molar-refractivity contribution >= 4 is 50.7 Å². The van der Waals surface area contributed by atoms with E-state index in [-0.39, 0.29) is 22.7 Å². The van der Waals surface area contributed by atoms with Crippen LogP contribution in [-0.4, -0.2) is 31.3 Å². The van der Waals surface area contributed by atoms with Crippen molar-refractivity contribution in [2.45, 2.75) is 31.4 Å². The highest BCUT2D eigenvalue weighted by Gasteiger charge is 2.62. The minimum Gasteiger partial charge on any atom is -0.494 e. The molecule has 14 heteroatoms.